The van der Waals surface area contributed by atoms with Gasteiger partial charge in [-0.2, -0.15) is 5.10 Å². The van der Waals surface area contributed by atoms with E-state index in [1.165, 1.54) is 44.2 Å². The lowest BCUT2D eigenvalue weighted by Gasteiger charge is -2.39. The molecule has 4 aromatic rings. The van der Waals surface area contributed by atoms with Crippen LogP contribution in [0.15, 0.2) is 55.0 Å². The Bertz CT molecular complexity index is 2230. The van der Waals surface area contributed by atoms with Gasteiger partial charge >= 0.3 is 0 Å². The summed E-state index contributed by atoms with van der Waals surface area (Å²) in [6.07, 6.45) is 14.9. The third-order valence-electron chi connectivity index (χ3n) is 12.6. The van der Waals surface area contributed by atoms with Crippen LogP contribution in [0.5, 0.6) is 5.75 Å². The average molecular weight is 875 g/mol. The fourth-order valence-electron chi connectivity index (χ4n) is 9.08. The average Bonchev–Trinajstić information content (AvgIpc) is 3.87. The minimum Gasteiger partial charge on any atom is -0.489 e. The van der Waals surface area contributed by atoms with Gasteiger partial charge in [0.05, 0.1) is 23.9 Å². The SMILES string of the molecule is Nc1ncc(-c2cnn(C3CCN(CCCCCCCN4CC(CNc5cccc6c5CN([C@@H]5CCC(=O)NC5=O)C6=O)C4)CC3)c2)cc1OCCc1c(Cl)ccc(F)c1Cl. The number of anilines is 2. The maximum Gasteiger partial charge on any atom is 0.255 e. The molecule has 13 nitrogen and oxygen atoms in total. The Hall–Kier alpha value is -4.76. The second-order valence-electron chi connectivity index (χ2n) is 16.8. The fraction of sp³-hybridized carbons (Fsp3) is 0.489. The molecule has 0 aliphatic carbocycles. The van der Waals surface area contributed by atoms with E-state index in [1.807, 2.05) is 30.5 Å². The second-order valence-corrected chi connectivity index (χ2v) is 17.6. The highest BCUT2D eigenvalue weighted by Gasteiger charge is 2.40. The van der Waals surface area contributed by atoms with Crippen LogP contribution in [0.2, 0.25) is 10.0 Å². The number of nitrogens with zero attached hydrogens (tertiary/aromatic N) is 6. The van der Waals surface area contributed by atoms with Crippen LogP contribution in [0, 0.1) is 11.7 Å². The molecule has 3 fully saturated rings. The molecular formula is C45H54Cl2FN9O4. The monoisotopic (exact) mass is 873 g/mol. The molecule has 1 atom stereocenters. The van der Waals surface area contributed by atoms with Crippen LogP contribution in [0.3, 0.4) is 0 Å². The number of carbonyl (C=O) groups is 3. The van der Waals surface area contributed by atoms with E-state index < -0.39 is 11.9 Å². The smallest absolute Gasteiger partial charge is 0.255 e. The summed E-state index contributed by atoms with van der Waals surface area (Å²) in [6, 6.07) is 10.1. The molecule has 3 saturated heterocycles. The lowest BCUT2D eigenvalue weighted by molar-refractivity contribution is -0.136. The van der Waals surface area contributed by atoms with Crippen LogP contribution in [0.1, 0.15) is 85.3 Å². The van der Waals surface area contributed by atoms with Crippen molar-refractivity contribution < 1.29 is 23.5 Å². The lowest BCUT2D eigenvalue weighted by atomic mass is 9.98. The van der Waals surface area contributed by atoms with E-state index >= 15 is 0 Å². The van der Waals surface area contributed by atoms with E-state index in [0.717, 1.165) is 81.0 Å². The van der Waals surface area contributed by atoms with Crippen molar-refractivity contribution in [1.29, 1.82) is 0 Å². The molecule has 4 N–H and O–H groups in total. The van der Waals surface area contributed by atoms with Gasteiger partial charge < -0.3 is 30.5 Å². The molecule has 4 aliphatic heterocycles. The number of ether oxygens (including phenoxy) is 1. The van der Waals surface area contributed by atoms with Gasteiger partial charge in [-0.3, -0.25) is 24.4 Å². The largest absolute Gasteiger partial charge is 0.489 e. The maximum absolute atomic E-state index is 13.9. The molecule has 6 heterocycles. The molecule has 0 radical (unpaired) electrons. The zero-order valence-electron chi connectivity index (χ0n) is 34.4. The molecule has 3 amide bonds. The van der Waals surface area contributed by atoms with Gasteiger partial charge in [0.2, 0.25) is 11.8 Å². The van der Waals surface area contributed by atoms with Crippen molar-refractivity contribution in [2.45, 2.75) is 82.8 Å². The molecule has 0 spiro atoms. The van der Waals surface area contributed by atoms with Crippen LogP contribution in [-0.4, -0.2) is 106 Å². The number of nitrogen functional groups attached to an aromatic ring is 1. The lowest BCUT2D eigenvalue weighted by Crippen LogP contribution is -2.52. The summed E-state index contributed by atoms with van der Waals surface area (Å²) in [5.41, 5.74) is 10.9. The molecule has 2 aromatic heterocycles. The van der Waals surface area contributed by atoms with Gasteiger partial charge in [0.1, 0.15) is 11.9 Å². The Morgan fingerprint density at radius 1 is 0.934 bits per heavy atom. The number of imide groups is 1. The zero-order chi connectivity index (χ0) is 42.5. The first kappa shape index (κ1) is 42.9. The molecule has 2 aromatic carbocycles. The van der Waals surface area contributed by atoms with E-state index in [4.69, 9.17) is 38.8 Å². The number of carbonyl (C=O) groups excluding carboxylic acids is 3. The minimum absolute atomic E-state index is 0.000279. The number of rotatable bonds is 18. The van der Waals surface area contributed by atoms with Crippen LogP contribution in [0.25, 0.3) is 11.1 Å². The van der Waals surface area contributed by atoms with E-state index in [0.29, 0.717) is 53.2 Å². The van der Waals surface area contributed by atoms with Crippen molar-refractivity contribution >= 4 is 52.4 Å². The Morgan fingerprint density at radius 2 is 1.70 bits per heavy atom. The standard InChI is InChI=1S/C45H54Cl2FN9O4/c46-36-9-10-37(48)42(47)34(36)15-20-61-40-21-30(23-51-43(40)49)31-24-52-57(27-31)32-13-18-54(19-14-32)16-4-2-1-3-5-17-55-25-29(26-55)22-50-38-8-6-7-33-35(38)28-56(45(33)60)39-11-12-41(58)53-44(39)59/h6-10,21,23-24,27,29,32,39,50H,1-5,11-20,22,25-26,28H2,(H2,49,51)(H,53,58,59)/t39-/m1/s1. The summed E-state index contributed by atoms with van der Waals surface area (Å²) in [5, 5.41) is 11.1. The Kier molecular flexibility index (Phi) is 13.7. The van der Waals surface area contributed by atoms with Crippen molar-refractivity contribution in [3.05, 3.63) is 87.5 Å². The molecule has 16 heteroatoms. The van der Waals surface area contributed by atoms with Gasteiger partial charge in [-0.25, -0.2) is 9.37 Å². The molecule has 0 unspecified atom stereocenters. The number of aromatic nitrogens is 3. The summed E-state index contributed by atoms with van der Waals surface area (Å²) < 4.78 is 21.9. The number of unbranched alkanes of at least 4 members (excludes halogenated alkanes) is 4. The van der Waals surface area contributed by atoms with Gasteiger partial charge in [-0.05, 0) is 81.1 Å². The second kappa shape index (κ2) is 19.5. The quantitative estimate of drug-likeness (QED) is 0.0543. The van der Waals surface area contributed by atoms with E-state index in [2.05, 4.69) is 36.3 Å². The first-order valence-electron chi connectivity index (χ1n) is 21.6. The van der Waals surface area contributed by atoms with Gasteiger partial charge in [-0.15, -0.1) is 0 Å². The summed E-state index contributed by atoms with van der Waals surface area (Å²) in [4.78, 5) is 48.3. The molecule has 8 rings (SSSR count). The summed E-state index contributed by atoms with van der Waals surface area (Å²) in [6.45, 7) is 8.03. The predicted octanol–water partition coefficient (Wildman–Crippen LogP) is 6.99. The highest BCUT2D eigenvalue weighted by atomic mass is 35.5. The van der Waals surface area contributed by atoms with Crippen LogP contribution in [-0.2, 0) is 22.6 Å². The fourth-order valence-corrected chi connectivity index (χ4v) is 9.64. The normalized spacial score (nSPS) is 19.0. The predicted molar refractivity (Wildman–Crippen MR) is 234 cm³/mol. The van der Waals surface area contributed by atoms with Gasteiger partial charge in [-0.1, -0.05) is 48.5 Å². The van der Waals surface area contributed by atoms with Gasteiger partial charge in [0.25, 0.3) is 5.91 Å². The number of nitrogens with two attached hydrogens (primary N) is 1. The summed E-state index contributed by atoms with van der Waals surface area (Å²) >= 11 is 12.3. The number of fused-ring (bicyclic) bond motifs is 1. The number of halogens is 3. The zero-order valence-corrected chi connectivity index (χ0v) is 35.9. The molecule has 61 heavy (non-hydrogen) atoms. The number of benzene rings is 2. The first-order valence-corrected chi connectivity index (χ1v) is 22.4. The number of piperidine rings is 2. The summed E-state index contributed by atoms with van der Waals surface area (Å²) in [5.74, 6) is -0.0408. The number of hydrogen-bond donors (Lipinski definition) is 3. The number of pyridine rings is 1. The molecule has 324 valence electrons. The number of nitrogens with one attached hydrogen (secondary N) is 2. The third-order valence-corrected chi connectivity index (χ3v) is 13.4. The Balaban J connectivity index is 0.677. The van der Waals surface area contributed by atoms with Gasteiger partial charge in [0.15, 0.2) is 11.6 Å². The highest BCUT2D eigenvalue weighted by molar-refractivity contribution is 6.36. The number of hydrogen-bond acceptors (Lipinski definition) is 10. The van der Waals surface area contributed by atoms with Crippen LogP contribution >= 0.6 is 23.2 Å². The topological polar surface area (TPSA) is 151 Å². The Morgan fingerprint density at radius 3 is 2.49 bits per heavy atom. The highest BCUT2D eigenvalue weighted by Crippen LogP contribution is 2.34. The first-order chi connectivity index (χ1) is 29.6. The van der Waals surface area contributed by atoms with Gasteiger partial charge in [0, 0.05) is 103 Å². The minimum atomic E-state index is -0.602. The van der Waals surface area contributed by atoms with E-state index in [9.17, 15) is 18.8 Å². The summed E-state index contributed by atoms with van der Waals surface area (Å²) in [7, 11) is 0. The molecule has 4 aliphatic rings. The molecule has 0 bridgehead atoms. The molecular weight excluding hydrogens is 820 g/mol. The van der Waals surface area contributed by atoms with Crippen molar-refractivity contribution in [1.82, 2.24) is 34.8 Å². The van der Waals surface area contributed by atoms with Crippen molar-refractivity contribution in [3.63, 3.8) is 0 Å². The number of amides is 3. The molecule has 0 saturated carbocycles. The Labute approximate surface area is 366 Å². The van der Waals surface area contributed by atoms with Crippen LogP contribution < -0.4 is 21.1 Å². The third kappa shape index (κ3) is 10.1. The van der Waals surface area contributed by atoms with Crippen molar-refractivity contribution in [2.75, 3.05) is 63.5 Å². The van der Waals surface area contributed by atoms with Crippen LogP contribution in [0.4, 0.5) is 15.9 Å². The number of likely N-dealkylation sites (tertiary alicyclic amines) is 2. The van der Waals surface area contributed by atoms with Crippen molar-refractivity contribution in [2.24, 2.45) is 5.92 Å². The van der Waals surface area contributed by atoms with Crippen molar-refractivity contribution in [3.8, 4) is 16.9 Å². The van der Waals surface area contributed by atoms with E-state index in [1.54, 1.807) is 11.1 Å². The van der Waals surface area contributed by atoms with E-state index in [-0.39, 0.29) is 41.6 Å². The maximum atomic E-state index is 13.9.